The molecule has 0 aliphatic carbocycles. The Labute approximate surface area is 473 Å². The lowest BCUT2D eigenvalue weighted by atomic mass is 10.0. The number of unbranched alkanes of at least 4 members (excludes halogenated alkanes) is 43. The summed E-state index contributed by atoms with van der Waals surface area (Å²) in [5.41, 5.74) is 0. The first-order chi connectivity index (χ1) is 37.5. The Bertz CT molecular complexity index is 1310. The van der Waals surface area contributed by atoms with Crippen LogP contribution in [0.5, 0.6) is 0 Å². The van der Waals surface area contributed by atoms with E-state index in [-0.39, 0.29) is 31.1 Å². The van der Waals surface area contributed by atoms with Gasteiger partial charge in [0, 0.05) is 19.3 Å². The molecule has 0 aromatic carbocycles. The van der Waals surface area contributed by atoms with Gasteiger partial charge in [0.25, 0.3) is 0 Å². The Hall–Kier alpha value is -2.63. The Morgan fingerprint density at radius 3 is 0.803 bits per heavy atom. The lowest BCUT2D eigenvalue weighted by molar-refractivity contribution is -0.167. The smallest absolute Gasteiger partial charge is 0.306 e. The highest BCUT2D eigenvalue weighted by atomic mass is 16.6. The number of carbonyl (C=O) groups excluding carboxylic acids is 3. The van der Waals surface area contributed by atoms with Gasteiger partial charge in [-0.3, -0.25) is 14.4 Å². The summed E-state index contributed by atoms with van der Waals surface area (Å²) in [6, 6.07) is 0. The number of ether oxygens (including phenoxy) is 3. The summed E-state index contributed by atoms with van der Waals surface area (Å²) in [4.78, 5) is 38.0. The van der Waals surface area contributed by atoms with Crippen LogP contribution in [0.3, 0.4) is 0 Å². The second-order valence-electron chi connectivity index (χ2n) is 22.7. The summed E-state index contributed by atoms with van der Waals surface area (Å²) in [7, 11) is 0. The van der Waals surface area contributed by atoms with Gasteiger partial charge in [-0.15, -0.1) is 0 Å². The lowest BCUT2D eigenvalue weighted by Gasteiger charge is -2.18. The van der Waals surface area contributed by atoms with Crippen molar-refractivity contribution >= 4 is 17.9 Å². The van der Waals surface area contributed by atoms with Gasteiger partial charge in [-0.05, 0) is 57.8 Å². The molecular formula is C70H128O6. The molecule has 0 heterocycles. The highest BCUT2D eigenvalue weighted by molar-refractivity contribution is 5.71. The fraction of sp³-hybridized carbons (Fsp3) is 0.843. The zero-order chi connectivity index (χ0) is 55.0. The molecule has 76 heavy (non-hydrogen) atoms. The summed E-state index contributed by atoms with van der Waals surface area (Å²) >= 11 is 0. The van der Waals surface area contributed by atoms with E-state index in [0.29, 0.717) is 19.3 Å². The Morgan fingerprint density at radius 1 is 0.276 bits per heavy atom. The van der Waals surface area contributed by atoms with E-state index in [1.54, 1.807) is 0 Å². The second-order valence-corrected chi connectivity index (χ2v) is 22.7. The van der Waals surface area contributed by atoms with Gasteiger partial charge in [-0.2, -0.15) is 0 Å². The predicted octanol–water partition coefficient (Wildman–Crippen LogP) is 22.9. The third-order valence-corrected chi connectivity index (χ3v) is 15.1. The highest BCUT2D eigenvalue weighted by Gasteiger charge is 2.19. The van der Waals surface area contributed by atoms with Crippen molar-refractivity contribution in [3.05, 3.63) is 48.6 Å². The molecule has 0 rings (SSSR count). The van der Waals surface area contributed by atoms with E-state index in [0.717, 1.165) is 89.9 Å². The molecule has 444 valence electrons. The van der Waals surface area contributed by atoms with Crippen LogP contribution in [-0.2, 0) is 28.6 Å². The quantitative estimate of drug-likeness (QED) is 0.0261. The Morgan fingerprint density at radius 2 is 0.513 bits per heavy atom. The van der Waals surface area contributed by atoms with Crippen LogP contribution in [0, 0.1) is 0 Å². The molecule has 0 aliphatic heterocycles. The van der Waals surface area contributed by atoms with E-state index in [2.05, 4.69) is 69.4 Å². The number of hydrogen-bond donors (Lipinski definition) is 0. The minimum Gasteiger partial charge on any atom is -0.462 e. The van der Waals surface area contributed by atoms with Crippen LogP contribution in [-0.4, -0.2) is 37.2 Å². The van der Waals surface area contributed by atoms with Crippen molar-refractivity contribution in [2.24, 2.45) is 0 Å². The maximum absolute atomic E-state index is 12.8. The van der Waals surface area contributed by atoms with Crippen LogP contribution in [0.4, 0.5) is 0 Å². The van der Waals surface area contributed by atoms with Gasteiger partial charge in [0.15, 0.2) is 6.10 Å². The molecule has 6 heteroatoms. The molecule has 6 nitrogen and oxygen atoms in total. The van der Waals surface area contributed by atoms with Gasteiger partial charge < -0.3 is 14.2 Å². The fourth-order valence-corrected chi connectivity index (χ4v) is 10.1. The van der Waals surface area contributed by atoms with E-state index in [9.17, 15) is 14.4 Å². The van der Waals surface area contributed by atoms with Crippen molar-refractivity contribution < 1.29 is 28.6 Å². The van der Waals surface area contributed by atoms with E-state index < -0.39 is 6.10 Å². The zero-order valence-electron chi connectivity index (χ0n) is 51.0. The number of hydrogen-bond acceptors (Lipinski definition) is 6. The molecule has 0 radical (unpaired) electrons. The van der Waals surface area contributed by atoms with Gasteiger partial charge in [0.2, 0.25) is 0 Å². The molecule has 0 saturated carbocycles. The zero-order valence-corrected chi connectivity index (χ0v) is 51.0. The topological polar surface area (TPSA) is 78.9 Å². The molecule has 0 N–H and O–H groups in total. The lowest BCUT2D eigenvalue weighted by Crippen LogP contribution is -2.30. The highest BCUT2D eigenvalue weighted by Crippen LogP contribution is 2.18. The molecule has 1 atom stereocenters. The molecule has 0 aromatic rings. The van der Waals surface area contributed by atoms with Crippen LogP contribution in [0.15, 0.2) is 48.6 Å². The number of rotatable bonds is 62. The molecule has 0 fully saturated rings. The molecule has 0 spiro atoms. The molecule has 0 aromatic heterocycles. The van der Waals surface area contributed by atoms with Crippen molar-refractivity contribution in [3.8, 4) is 0 Å². The summed E-state index contributed by atoms with van der Waals surface area (Å²) in [6.07, 6.45) is 81.9. The predicted molar refractivity (Wildman–Crippen MR) is 330 cm³/mol. The first-order valence-electron chi connectivity index (χ1n) is 33.6. The molecular weight excluding hydrogens is 937 g/mol. The summed E-state index contributed by atoms with van der Waals surface area (Å²) in [5, 5.41) is 0. The molecule has 0 aliphatic rings. The minimum absolute atomic E-state index is 0.0695. The molecule has 0 amide bonds. The van der Waals surface area contributed by atoms with Gasteiger partial charge in [-0.25, -0.2) is 0 Å². The van der Waals surface area contributed by atoms with Crippen LogP contribution < -0.4 is 0 Å². The summed E-state index contributed by atoms with van der Waals surface area (Å²) in [6.45, 7) is 6.50. The average Bonchev–Trinajstić information content (AvgIpc) is 3.42. The first kappa shape index (κ1) is 73.4. The average molecular weight is 1070 g/mol. The Kier molecular flexibility index (Phi) is 62.6. The summed E-state index contributed by atoms with van der Waals surface area (Å²) < 4.78 is 16.8. The maximum atomic E-state index is 12.8. The van der Waals surface area contributed by atoms with Gasteiger partial charge in [-0.1, -0.05) is 333 Å². The maximum Gasteiger partial charge on any atom is 0.306 e. The SMILES string of the molecule is CC/C=C\C/C=C\C/C=C\C/C=C\CCCCCCCCCCCCCCC(=O)OC(COC(=O)CCCCCCC)COC(=O)CCCCCCCCCCCCCCCCCCCCCCCCCCCCCC. The normalized spacial score (nSPS) is 12.3. The van der Waals surface area contributed by atoms with E-state index in [4.69, 9.17) is 14.2 Å². The minimum atomic E-state index is -0.769. The summed E-state index contributed by atoms with van der Waals surface area (Å²) in [5.74, 6) is -0.865. The van der Waals surface area contributed by atoms with Crippen molar-refractivity contribution in [1.82, 2.24) is 0 Å². The molecule has 0 saturated heterocycles. The largest absolute Gasteiger partial charge is 0.462 e. The number of allylic oxidation sites excluding steroid dienone is 8. The van der Waals surface area contributed by atoms with Gasteiger partial charge in [0.1, 0.15) is 13.2 Å². The number of esters is 3. The Balaban J connectivity index is 3.96. The number of carbonyl (C=O) groups is 3. The van der Waals surface area contributed by atoms with Crippen LogP contribution >= 0.6 is 0 Å². The van der Waals surface area contributed by atoms with E-state index in [1.165, 1.54) is 231 Å². The van der Waals surface area contributed by atoms with Crippen LogP contribution in [0.25, 0.3) is 0 Å². The standard InChI is InChI=1S/C70H128O6/c1-4-7-10-13-15-17-19-21-23-25-27-29-31-33-34-35-37-38-40-42-44-46-48-50-52-54-57-60-63-69(72)75-66-67(65-74-68(71)62-59-56-12-9-6-3)76-70(73)64-61-58-55-53-51-49-47-45-43-41-39-36-32-30-28-26-24-22-20-18-16-14-11-8-5-2/h8,11,16,18,22,24,28,30,67H,4-7,9-10,12-15,17,19-21,23,25-27,29,31-66H2,1-3H3/b11-8-,18-16-,24-22-,30-28-. The van der Waals surface area contributed by atoms with Crippen LogP contribution in [0.2, 0.25) is 0 Å². The molecule has 1 unspecified atom stereocenters. The van der Waals surface area contributed by atoms with E-state index >= 15 is 0 Å². The fourth-order valence-electron chi connectivity index (χ4n) is 10.1. The van der Waals surface area contributed by atoms with Crippen molar-refractivity contribution in [1.29, 1.82) is 0 Å². The van der Waals surface area contributed by atoms with Crippen LogP contribution in [0.1, 0.15) is 361 Å². The van der Waals surface area contributed by atoms with Gasteiger partial charge in [0.05, 0.1) is 0 Å². The van der Waals surface area contributed by atoms with Crippen molar-refractivity contribution in [3.63, 3.8) is 0 Å². The van der Waals surface area contributed by atoms with E-state index in [1.807, 2.05) is 0 Å². The second kappa shape index (κ2) is 64.9. The molecule has 0 bridgehead atoms. The van der Waals surface area contributed by atoms with Gasteiger partial charge >= 0.3 is 17.9 Å². The third kappa shape index (κ3) is 62.2. The third-order valence-electron chi connectivity index (χ3n) is 15.1. The first-order valence-corrected chi connectivity index (χ1v) is 33.6. The monoisotopic (exact) mass is 1060 g/mol. The van der Waals surface area contributed by atoms with Crippen molar-refractivity contribution in [2.45, 2.75) is 367 Å². The van der Waals surface area contributed by atoms with Crippen molar-refractivity contribution in [2.75, 3.05) is 13.2 Å².